The third kappa shape index (κ3) is 2.37. The Kier molecular flexibility index (Phi) is 3.45. The molecule has 0 atom stereocenters. The zero-order chi connectivity index (χ0) is 15.9. The molecule has 1 heterocycles. The van der Waals surface area contributed by atoms with Gasteiger partial charge in [-0.25, -0.2) is 4.98 Å². The molecule has 0 saturated carbocycles. The Bertz CT molecular complexity index is 857. The van der Waals surface area contributed by atoms with Crippen molar-refractivity contribution in [2.24, 2.45) is 7.05 Å². The number of imidazole rings is 1. The van der Waals surface area contributed by atoms with Crippen molar-refractivity contribution in [1.29, 1.82) is 0 Å². The number of nitrogens with zero attached hydrogens (tertiary/aromatic N) is 2. The molecule has 0 bridgehead atoms. The van der Waals surface area contributed by atoms with Gasteiger partial charge in [-0.1, -0.05) is 18.2 Å². The number of fused-ring (bicyclic) bond motifs is 1. The van der Waals surface area contributed by atoms with E-state index in [2.05, 4.69) is 10.3 Å². The summed E-state index contributed by atoms with van der Waals surface area (Å²) in [6.07, 6.45) is 0. The SMILES string of the molecule is Cc1cccc(C)c1NC(=O)c1ccc2c(c1)nc(C)n2C. The zero-order valence-electron chi connectivity index (χ0n) is 13.3. The lowest BCUT2D eigenvalue weighted by atomic mass is 10.1. The molecule has 3 rings (SSSR count). The van der Waals surface area contributed by atoms with Gasteiger partial charge < -0.3 is 9.88 Å². The number of carbonyl (C=O) groups is 1. The highest BCUT2D eigenvalue weighted by Gasteiger charge is 2.12. The van der Waals surface area contributed by atoms with Gasteiger partial charge in [-0.15, -0.1) is 0 Å². The molecule has 0 aliphatic heterocycles. The summed E-state index contributed by atoms with van der Waals surface area (Å²) in [5, 5.41) is 3.01. The molecule has 0 aliphatic carbocycles. The summed E-state index contributed by atoms with van der Waals surface area (Å²) < 4.78 is 2.02. The van der Waals surface area contributed by atoms with E-state index < -0.39 is 0 Å². The van der Waals surface area contributed by atoms with Crippen LogP contribution in [0.5, 0.6) is 0 Å². The Labute approximate surface area is 129 Å². The molecule has 0 saturated heterocycles. The molecule has 0 unspecified atom stereocenters. The van der Waals surface area contributed by atoms with Crippen LogP contribution in [-0.2, 0) is 7.05 Å². The number of para-hydroxylation sites is 1. The normalized spacial score (nSPS) is 10.9. The van der Waals surface area contributed by atoms with Gasteiger partial charge in [0.05, 0.1) is 11.0 Å². The lowest BCUT2D eigenvalue weighted by Gasteiger charge is -2.11. The summed E-state index contributed by atoms with van der Waals surface area (Å²) in [4.78, 5) is 17.0. The Morgan fingerprint density at radius 2 is 1.77 bits per heavy atom. The van der Waals surface area contributed by atoms with E-state index in [4.69, 9.17) is 0 Å². The summed E-state index contributed by atoms with van der Waals surface area (Å²) in [5.74, 6) is 0.824. The Morgan fingerprint density at radius 1 is 1.09 bits per heavy atom. The highest BCUT2D eigenvalue weighted by atomic mass is 16.1. The molecular formula is C18H19N3O. The number of benzene rings is 2. The van der Waals surface area contributed by atoms with Crippen molar-refractivity contribution in [2.75, 3.05) is 5.32 Å². The van der Waals surface area contributed by atoms with Crippen LogP contribution in [0.4, 0.5) is 5.69 Å². The summed E-state index contributed by atoms with van der Waals surface area (Å²) in [6, 6.07) is 11.6. The standard InChI is InChI=1S/C18H19N3O/c1-11-6-5-7-12(2)17(11)20-18(22)14-8-9-16-15(10-14)19-13(3)21(16)4/h5-10H,1-4H3,(H,20,22). The van der Waals surface area contributed by atoms with Gasteiger partial charge in [-0.2, -0.15) is 0 Å². The van der Waals surface area contributed by atoms with Gasteiger partial charge in [0.2, 0.25) is 0 Å². The van der Waals surface area contributed by atoms with E-state index >= 15 is 0 Å². The maximum Gasteiger partial charge on any atom is 0.255 e. The van der Waals surface area contributed by atoms with Crippen molar-refractivity contribution in [3.63, 3.8) is 0 Å². The van der Waals surface area contributed by atoms with Gasteiger partial charge in [0.25, 0.3) is 5.91 Å². The maximum absolute atomic E-state index is 12.5. The van der Waals surface area contributed by atoms with E-state index in [1.807, 2.05) is 68.8 Å². The van der Waals surface area contributed by atoms with Crippen LogP contribution >= 0.6 is 0 Å². The molecule has 0 spiro atoms. The lowest BCUT2D eigenvalue weighted by molar-refractivity contribution is 0.102. The van der Waals surface area contributed by atoms with Crippen molar-refractivity contribution in [1.82, 2.24) is 9.55 Å². The number of nitrogens with one attached hydrogen (secondary N) is 1. The van der Waals surface area contributed by atoms with Crippen LogP contribution in [0, 0.1) is 20.8 Å². The van der Waals surface area contributed by atoms with Gasteiger partial charge in [-0.05, 0) is 50.1 Å². The number of rotatable bonds is 2. The Balaban J connectivity index is 1.95. The van der Waals surface area contributed by atoms with Crippen LogP contribution in [0.15, 0.2) is 36.4 Å². The first-order valence-corrected chi connectivity index (χ1v) is 7.28. The van der Waals surface area contributed by atoms with E-state index in [9.17, 15) is 4.79 Å². The van der Waals surface area contributed by atoms with Gasteiger partial charge >= 0.3 is 0 Å². The first-order chi connectivity index (χ1) is 10.5. The molecule has 22 heavy (non-hydrogen) atoms. The number of amides is 1. The largest absolute Gasteiger partial charge is 0.331 e. The molecule has 4 nitrogen and oxygen atoms in total. The molecule has 0 fully saturated rings. The number of carbonyl (C=O) groups excluding carboxylic acids is 1. The van der Waals surface area contributed by atoms with Crippen LogP contribution in [0.2, 0.25) is 0 Å². The highest BCUT2D eigenvalue weighted by Crippen LogP contribution is 2.21. The van der Waals surface area contributed by atoms with Gasteiger partial charge in [0, 0.05) is 18.3 Å². The van der Waals surface area contributed by atoms with Crippen molar-refractivity contribution in [2.45, 2.75) is 20.8 Å². The first-order valence-electron chi connectivity index (χ1n) is 7.28. The second-order valence-electron chi connectivity index (χ2n) is 5.64. The van der Waals surface area contributed by atoms with Crippen molar-refractivity contribution >= 4 is 22.6 Å². The Hall–Kier alpha value is -2.62. The maximum atomic E-state index is 12.5. The fourth-order valence-corrected chi connectivity index (χ4v) is 2.66. The van der Waals surface area contributed by atoms with Gasteiger partial charge in [0.1, 0.15) is 5.82 Å². The summed E-state index contributed by atoms with van der Waals surface area (Å²) in [6.45, 7) is 5.94. The Morgan fingerprint density at radius 3 is 2.45 bits per heavy atom. The lowest BCUT2D eigenvalue weighted by Crippen LogP contribution is -2.13. The molecule has 0 radical (unpaired) electrons. The second-order valence-corrected chi connectivity index (χ2v) is 5.64. The van der Waals surface area contributed by atoms with Crippen LogP contribution in [0.3, 0.4) is 0 Å². The van der Waals surface area contributed by atoms with E-state index in [-0.39, 0.29) is 5.91 Å². The minimum absolute atomic E-state index is 0.109. The van der Waals surface area contributed by atoms with Crippen molar-refractivity contribution in [3.05, 3.63) is 58.9 Å². The van der Waals surface area contributed by atoms with E-state index in [0.29, 0.717) is 5.56 Å². The molecule has 1 N–H and O–H groups in total. The topological polar surface area (TPSA) is 46.9 Å². The van der Waals surface area contributed by atoms with Crippen LogP contribution < -0.4 is 5.32 Å². The average Bonchev–Trinajstić information content (AvgIpc) is 2.77. The van der Waals surface area contributed by atoms with Gasteiger partial charge in [0.15, 0.2) is 0 Å². The van der Waals surface area contributed by atoms with Crippen LogP contribution in [0.1, 0.15) is 27.3 Å². The number of hydrogen-bond acceptors (Lipinski definition) is 2. The zero-order valence-corrected chi connectivity index (χ0v) is 13.3. The third-order valence-corrected chi connectivity index (χ3v) is 4.09. The minimum Gasteiger partial charge on any atom is -0.331 e. The fraction of sp³-hybridized carbons (Fsp3) is 0.222. The number of aromatic nitrogens is 2. The summed E-state index contributed by atoms with van der Waals surface area (Å²) in [7, 11) is 1.97. The predicted molar refractivity (Wildman–Crippen MR) is 89.3 cm³/mol. The first kappa shape index (κ1) is 14.3. The fourth-order valence-electron chi connectivity index (χ4n) is 2.66. The van der Waals surface area contributed by atoms with E-state index in [1.165, 1.54) is 0 Å². The monoisotopic (exact) mass is 293 g/mol. The molecule has 112 valence electrons. The number of aryl methyl sites for hydroxylation is 4. The molecule has 3 aromatic rings. The van der Waals surface area contributed by atoms with E-state index in [0.717, 1.165) is 33.7 Å². The van der Waals surface area contributed by atoms with Gasteiger partial charge in [-0.3, -0.25) is 4.79 Å². The average molecular weight is 293 g/mol. The quantitative estimate of drug-likeness (QED) is 0.782. The second kappa shape index (κ2) is 5.30. The van der Waals surface area contributed by atoms with Crippen LogP contribution in [-0.4, -0.2) is 15.5 Å². The number of anilines is 1. The summed E-state index contributed by atoms with van der Waals surface area (Å²) in [5.41, 5.74) is 5.49. The smallest absolute Gasteiger partial charge is 0.255 e. The third-order valence-electron chi connectivity index (χ3n) is 4.09. The molecular weight excluding hydrogens is 274 g/mol. The van der Waals surface area contributed by atoms with Crippen molar-refractivity contribution < 1.29 is 4.79 Å². The molecule has 1 amide bonds. The molecule has 4 heteroatoms. The number of hydrogen-bond donors (Lipinski definition) is 1. The van der Waals surface area contributed by atoms with Crippen molar-refractivity contribution in [3.8, 4) is 0 Å². The summed E-state index contributed by atoms with van der Waals surface area (Å²) >= 11 is 0. The molecule has 2 aromatic carbocycles. The predicted octanol–water partition coefficient (Wildman–Crippen LogP) is 3.75. The van der Waals surface area contributed by atoms with Crippen LogP contribution in [0.25, 0.3) is 11.0 Å². The highest BCUT2D eigenvalue weighted by molar-refractivity contribution is 6.06. The molecule has 0 aliphatic rings. The van der Waals surface area contributed by atoms with E-state index in [1.54, 1.807) is 0 Å². The minimum atomic E-state index is -0.109. The molecule has 1 aromatic heterocycles.